The van der Waals surface area contributed by atoms with E-state index >= 15 is 0 Å². The predicted molar refractivity (Wildman–Crippen MR) is 59.6 cm³/mol. The van der Waals surface area contributed by atoms with Crippen molar-refractivity contribution in [2.24, 2.45) is 0 Å². The van der Waals surface area contributed by atoms with Gasteiger partial charge in [0.2, 0.25) is 5.91 Å². The smallest absolute Gasteiger partial charge is 0.223 e. The summed E-state index contributed by atoms with van der Waals surface area (Å²) in [7, 11) is 0. The van der Waals surface area contributed by atoms with Gasteiger partial charge in [0.15, 0.2) is 0 Å². The van der Waals surface area contributed by atoms with E-state index in [9.17, 15) is 4.79 Å². The third-order valence-corrected chi connectivity index (χ3v) is 3.06. The normalized spacial score (nSPS) is 27.8. The Kier molecular flexibility index (Phi) is 4.75. The number of ether oxygens (including phenoxy) is 1. The molecule has 0 radical (unpaired) electrons. The molecule has 1 fully saturated rings. The van der Waals surface area contributed by atoms with Gasteiger partial charge in [-0.2, -0.15) is 11.8 Å². The lowest BCUT2D eigenvalue weighted by Gasteiger charge is -2.36. The van der Waals surface area contributed by atoms with E-state index in [1.165, 1.54) is 0 Å². The van der Waals surface area contributed by atoms with Gasteiger partial charge < -0.3 is 9.64 Å². The molecule has 0 saturated carbocycles. The second-order valence-electron chi connectivity index (χ2n) is 3.78. The Hall–Kier alpha value is -0.220. The molecule has 0 bridgehead atoms. The van der Waals surface area contributed by atoms with Crippen molar-refractivity contribution in [3.05, 3.63) is 0 Å². The number of nitrogens with zero attached hydrogens (tertiary/aromatic N) is 1. The van der Waals surface area contributed by atoms with Gasteiger partial charge in [-0.15, -0.1) is 0 Å². The van der Waals surface area contributed by atoms with E-state index < -0.39 is 0 Å². The van der Waals surface area contributed by atoms with Gasteiger partial charge in [-0.05, 0) is 20.1 Å². The number of thioether (sulfide) groups is 1. The van der Waals surface area contributed by atoms with Crippen LogP contribution in [0.4, 0.5) is 0 Å². The molecular weight excluding hydrogens is 198 g/mol. The number of carbonyl (C=O) groups is 1. The maximum Gasteiger partial charge on any atom is 0.223 e. The summed E-state index contributed by atoms with van der Waals surface area (Å²) in [5.41, 5.74) is 0. The zero-order valence-corrected chi connectivity index (χ0v) is 9.97. The Balaban J connectivity index is 2.43. The summed E-state index contributed by atoms with van der Waals surface area (Å²) >= 11 is 1.72. The topological polar surface area (TPSA) is 29.5 Å². The summed E-state index contributed by atoms with van der Waals surface area (Å²) < 4.78 is 5.48. The average molecular weight is 217 g/mol. The van der Waals surface area contributed by atoms with Crippen molar-refractivity contribution in [2.75, 3.05) is 25.2 Å². The Bertz CT molecular complexity index is 199. The SMILES string of the molecule is CSCCC(=O)N1CC(C)OCC1C. The van der Waals surface area contributed by atoms with Gasteiger partial charge >= 0.3 is 0 Å². The van der Waals surface area contributed by atoms with Crippen molar-refractivity contribution >= 4 is 17.7 Å². The molecule has 1 heterocycles. The molecule has 2 unspecified atom stereocenters. The van der Waals surface area contributed by atoms with Crippen molar-refractivity contribution < 1.29 is 9.53 Å². The van der Waals surface area contributed by atoms with E-state index in [-0.39, 0.29) is 18.1 Å². The molecule has 0 aromatic heterocycles. The molecular formula is C10H19NO2S. The lowest BCUT2D eigenvalue weighted by molar-refractivity contribution is -0.142. The zero-order valence-electron chi connectivity index (χ0n) is 9.16. The van der Waals surface area contributed by atoms with Crippen LogP contribution < -0.4 is 0 Å². The first-order valence-corrected chi connectivity index (χ1v) is 6.44. The van der Waals surface area contributed by atoms with E-state index in [1.807, 2.05) is 25.0 Å². The summed E-state index contributed by atoms with van der Waals surface area (Å²) in [6.45, 7) is 5.48. The van der Waals surface area contributed by atoms with Crippen LogP contribution in [0.1, 0.15) is 20.3 Å². The average Bonchev–Trinajstić information content (AvgIpc) is 2.18. The summed E-state index contributed by atoms with van der Waals surface area (Å²) in [5, 5.41) is 0. The second kappa shape index (κ2) is 5.61. The number of morpholine rings is 1. The molecule has 0 aromatic rings. The van der Waals surface area contributed by atoms with E-state index in [4.69, 9.17) is 4.74 Å². The quantitative estimate of drug-likeness (QED) is 0.715. The van der Waals surface area contributed by atoms with Gasteiger partial charge in [0.1, 0.15) is 0 Å². The first-order valence-electron chi connectivity index (χ1n) is 5.05. The molecule has 1 rings (SSSR count). The monoisotopic (exact) mass is 217 g/mol. The highest BCUT2D eigenvalue weighted by Gasteiger charge is 2.26. The van der Waals surface area contributed by atoms with Crippen LogP contribution in [0.3, 0.4) is 0 Å². The van der Waals surface area contributed by atoms with E-state index in [1.54, 1.807) is 11.8 Å². The van der Waals surface area contributed by atoms with Gasteiger partial charge in [0.25, 0.3) is 0 Å². The minimum atomic E-state index is 0.185. The standard InChI is InChI=1S/C10H19NO2S/c1-8-7-13-9(2)6-11(8)10(12)4-5-14-3/h8-9H,4-7H2,1-3H3. The fourth-order valence-corrected chi connectivity index (χ4v) is 1.96. The highest BCUT2D eigenvalue weighted by Crippen LogP contribution is 2.13. The molecule has 1 saturated heterocycles. The van der Waals surface area contributed by atoms with Gasteiger partial charge in [-0.25, -0.2) is 0 Å². The van der Waals surface area contributed by atoms with Crippen LogP contribution in [0.25, 0.3) is 0 Å². The molecule has 82 valence electrons. The first kappa shape index (κ1) is 11.9. The number of amides is 1. The highest BCUT2D eigenvalue weighted by atomic mass is 32.2. The van der Waals surface area contributed by atoms with E-state index in [0.29, 0.717) is 13.0 Å². The summed E-state index contributed by atoms with van der Waals surface area (Å²) in [6, 6.07) is 0.237. The number of rotatable bonds is 3. The van der Waals surface area contributed by atoms with Crippen LogP contribution in [0.5, 0.6) is 0 Å². The van der Waals surface area contributed by atoms with Crippen molar-refractivity contribution in [1.29, 1.82) is 0 Å². The van der Waals surface area contributed by atoms with Gasteiger partial charge in [-0.1, -0.05) is 0 Å². The summed E-state index contributed by atoms with van der Waals surface area (Å²) in [5.74, 6) is 1.18. The minimum absolute atomic E-state index is 0.185. The molecule has 3 nitrogen and oxygen atoms in total. The number of hydrogen-bond acceptors (Lipinski definition) is 3. The van der Waals surface area contributed by atoms with Crippen LogP contribution in [0.15, 0.2) is 0 Å². The predicted octanol–water partition coefficient (Wildman–Crippen LogP) is 1.38. The molecule has 0 aromatic carbocycles. The Morgan fingerprint density at radius 2 is 2.29 bits per heavy atom. The van der Waals surface area contributed by atoms with Gasteiger partial charge in [-0.3, -0.25) is 4.79 Å². The largest absolute Gasteiger partial charge is 0.375 e. The maximum absolute atomic E-state index is 11.8. The molecule has 0 aliphatic carbocycles. The molecule has 0 N–H and O–H groups in total. The van der Waals surface area contributed by atoms with Crippen molar-refractivity contribution in [3.8, 4) is 0 Å². The molecule has 1 aliphatic heterocycles. The van der Waals surface area contributed by atoms with Crippen LogP contribution >= 0.6 is 11.8 Å². The minimum Gasteiger partial charge on any atom is -0.375 e. The van der Waals surface area contributed by atoms with Crippen LogP contribution in [0.2, 0.25) is 0 Å². The first-order chi connectivity index (χ1) is 6.65. The lowest BCUT2D eigenvalue weighted by atomic mass is 10.2. The zero-order chi connectivity index (χ0) is 10.6. The maximum atomic E-state index is 11.8. The fraction of sp³-hybridized carbons (Fsp3) is 0.900. The van der Waals surface area contributed by atoms with Crippen molar-refractivity contribution in [1.82, 2.24) is 4.90 Å². The molecule has 2 atom stereocenters. The van der Waals surface area contributed by atoms with Gasteiger partial charge in [0.05, 0.1) is 18.8 Å². The molecule has 1 aliphatic rings. The molecule has 14 heavy (non-hydrogen) atoms. The third-order valence-electron chi connectivity index (χ3n) is 2.45. The van der Waals surface area contributed by atoms with E-state index in [2.05, 4.69) is 0 Å². The fourth-order valence-electron chi connectivity index (χ4n) is 1.58. The number of carbonyl (C=O) groups excluding carboxylic acids is 1. The van der Waals surface area contributed by atoms with Crippen LogP contribution in [-0.2, 0) is 9.53 Å². The van der Waals surface area contributed by atoms with Crippen LogP contribution in [-0.4, -0.2) is 48.1 Å². The summed E-state index contributed by atoms with van der Waals surface area (Å²) in [4.78, 5) is 13.7. The Labute approximate surface area is 90.2 Å². The lowest BCUT2D eigenvalue weighted by Crippen LogP contribution is -2.50. The Morgan fingerprint density at radius 1 is 1.57 bits per heavy atom. The summed E-state index contributed by atoms with van der Waals surface area (Å²) in [6.07, 6.45) is 2.86. The highest BCUT2D eigenvalue weighted by molar-refractivity contribution is 7.98. The Morgan fingerprint density at radius 3 is 2.93 bits per heavy atom. The van der Waals surface area contributed by atoms with Gasteiger partial charge in [0, 0.05) is 18.7 Å². The second-order valence-corrected chi connectivity index (χ2v) is 4.77. The number of hydrogen-bond donors (Lipinski definition) is 0. The van der Waals surface area contributed by atoms with Crippen molar-refractivity contribution in [3.63, 3.8) is 0 Å². The molecule has 0 spiro atoms. The van der Waals surface area contributed by atoms with Crippen LogP contribution in [0, 0.1) is 0 Å². The molecule has 4 heteroatoms. The van der Waals surface area contributed by atoms with E-state index in [0.717, 1.165) is 12.3 Å². The third kappa shape index (κ3) is 3.17. The van der Waals surface area contributed by atoms with Crippen molar-refractivity contribution in [2.45, 2.75) is 32.4 Å². The molecule has 1 amide bonds.